The highest BCUT2D eigenvalue weighted by Crippen LogP contribution is 2.33. The van der Waals surface area contributed by atoms with Crippen LogP contribution in [0.2, 0.25) is 0 Å². The van der Waals surface area contributed by atoms with Crippen molar-refractivity contribution in [3.05, 3.63) is 53.9 Å². The molecule has 0 unspecified atom stereocenters. The maximum atomic E-state index is 13.9. The summed E-state index contributed by atoms with van der Waals surface area (Å²) in [6, 6.07) is 10.6. The Morgan fingerprint density at radius 1 is 1.12 bits per heavy atom. The van der Waals surface area contributed by atoms with Crippen molar-refractivity contribution in [1.82, 2.24) is 25.2 Å². The number of aryl methyl sites for hydroxylation is 1. The maximum Gasteiger partial charge on any atom is 0.243 e. The van der Waals surface area contributed by atoms with Crippen LogP contribution in [0.1, 0.15) is 63.3 Å². The molecule has 1 aromatic carbocycles. The molecule has 0 radical (unpaired) electrons. The van der Waals surface area contributed by atoms with E-state index in [1.807, 2.05) is 58.2 Å². The summed E-state index contributed by atoms with van der Waals surface area (Å²) in [5.74, 6) is -0.208. The third-order valence-electron chi connectivity index (χ3n) is 8.56. The Morgan fingerprint density at radius 3 is 2.45 bits per heavy atom. The van der Waals surface area contributed by atoms with Crippen molar-refractivity contribution in [2.75, 3.05) is 24.5 Å². The first-order valence-corrected chi connectivity index (χ1v) is 14.7. The number of aliphatic hydroxyl groups is 1. The molecule has 42 heavy (non-hydrogen) atoms. The maximum absolute atomic E-state index is 13.9. The van der Waals surface area contributed by atoms with Gasteiger partial charge in [0.1, 0.15) is 18.2 Å². The summed E-state index contributed by atoms with van der Waals surface area (Å²) in [5, 5.41) is 22.0. The van der Waals surface area contributed by atoms with E-state index >= 15 is 0 Å². The number of anilines is 1. The molecule has 3 aromatic rings. The third kappa shape index (κ3) is 6.11. The van der Waals surface area contributed by atoms with Crippen LogP contribution in [0.5, 0.6) is 0 Å². The predicted molar refractivity (Wildman–Crippen MR) is 156 cm³/mol. The molecule has 2 aliphatic heterocycles. The van der Waals surface area contributed by atoms with Gasteiger partial charge in [-0.25, -0.2) is 0 Å². The second-order valence-electron chi connectivity index (χ2n) is 11.9. The van der Waals surface area contributed by atoms with E-state index < -0.39 is 18.1 Å². The van der Waals surface area contributed by atoms with Crippen LogP contribution in [0, 0.1) is 11.8 Å². The van der Waals surface area contributed by atoms with Crippen LogP contribution < -0.4 is 10.2 Å². The number of aliphatic hydroxyl groups excluding tert-OH is 1. The molecule has 0 aliphatic carbocycles. The van der Waals surface area contributed by atoms with E-state index in [1.54, 1.807) is 16.9 Å². The number of carbonyl (C=O) groups excluding carboxylic acids is 3. The number of benzene rings is 1. The fourth-order valence-electron chi connectivity index (χ4n) is 6.05. The van der Waals surface area contributed by atoms with Crippen LogP contribution >= 0.6 is 0 Å². The molecule has 0 saturated carbocycles. The van der Waals surface area contributed by atoms with Gasteiger partial charge in [-0.2, -0.15) is 5.10 Å². The Hall–Kier alpha value is -3.99. The molecule has 11 nitrogen and oxygen atoms in total. The highest BCUT2D eigenvalue weighted by Gasteiger charge is 2.43. The average molecular weight is 577 g/mol. The van der Waals surface area contributed by atoms with Crippen molar-refractivity contribution < 1.29 is 24.0 Å². The molecule has 0 spiro atoms. The lowest BCUT2D eigenvalue weighted by Gasteiger charge is -2.30. The number of hydrogen-bond donors (Lipinski definition) is 2. The Labute approximate surface area is 245 Å². The number of carbonyl (C=O) groups is 3. The molecule has 5 rings (SSSR count). The molecule has 2 aromatic heterocycles. The van der Waals surface area contributed by atoms with E-state index in [4.69, 9.17) is 4.52 Å². The first kappa shape index (κ1) is 29.5. The fraction of sp³-hybridized carbons (Fsp3) is 0.516. The normalized spacial score (nSPS) is 21.0. The number of amides is 2. The number of hydrogen-bond acceptors (Lipinski definition) is 8. The average Bonchev–Trinajstić information content (AvgIpc) is 3.73. The van der Waals surface area contributed by atoms with E-state index in [0.717, 1.165) is 35.9 Å². The minimum Gasteiger partial charge on any atom is -0.391 e. The zero-order chi connectivity index (χ0) is 30.0. The minimum atomic E-state index is -0.797. The van der Waals surface area contributed by atoms with Gasteiger partial charge in [0.25, 0.3) is 0 Å². The van der Waals surface area contributed by atoms with E-state index in [-0.39, 0.29) is 42.7 Å². The molecule has 4 heterocycles. The second kappa shape index (κ2) is 12.5. The van der Waals surface area contributed by atoms with Crippen LogP contribution in [0.4, 0.5) is 5.82 Å². The van der Waals surface area contributed by atoms with Gasteiger partial charge >= 0.3 is 0 Å². The van der Waals surface area contributed by atoms with Crippen LogP contribution in [-0.2, 0) is 21.4 Å². The summed E-state index contributed by atoms with van der Waals surface area (Å²) in [6.07, 6.45) is 3.65. The van der Waals surface area contributed by atoms with E-state index in [0.29, 0.717) is 24.7 Å². The second-order valence-corrected chi connectivity index (χ2v) is 11.9. The summed E-state index contributed by atoms with van der Waals surface area (Å²) in [6.45, 7) is 7.23. The molecule has 224 valence electrons. The van der Waals surface area contributed by atoms with Gasteiger partial charge in [0.15, 0.2) is 11.6 Å². The van der Waals surface area contributed by atoms with Crippen molar-refractivity contribution in [2.24, 2.45) is 18.9 Å². The third-order valence-corrected chi connectivity index (χ3v) is 8.56. The van der Waals surface area contributed by atoms with E-state index in [1.165, 1.54) is 4.90 Å². The lowest BCUT2D eigenvalue weighted by atomic mass is 9.91. The van der Waals surface area contributed by atoms with Gasteiger partial charge in [-0.3, -0.25) is 14.3 Å². The highest BCUT2D eigenvalue weighted by molar-refractivity contribution is 5.91. The zero-order valence-corrected chi connectivity index (χ0v) is 24.6. The minimum absolute atomic E-state index is 0.0658. The Bertz CT molecular complexity index is 1390. The molecule has 2 fully saturated rings. The molecule has 0 bridgehead atoms. The van der Waals surface area contributed by atoms with Gasteiger partial charge in [0.05, 0.1) is 17.8 Å². The predicted octanol–water partition coefficient (Wildman–Crippen LogP) is 3.07. The molecule has 4 atom stereocenters. The number of nitrogens with one attached hydrogen (secondary N) is 1. The molecular weight excluding hydrogens is 536 g/mol. The van der Waals surface area contributed by atoms with Crippen LogP contribution in [-0.4, -0.2) is 74.8 Å². The van der Waals surface area contributed by atoms with Crippen molar-refractivity contribution in [2.45, 2.75) is 64.1 Å². The molecular formula is C31H40N6O5. The van der Waals surface area contributed by atoms with E-state index in [2.05, 4.69) is 20.5 Å². The number of aromatic nitrogens is 3. The van der Waals surface area contributed by atoms with Gasteiger partial charge in [-0.1, -0.05) is 43.3 Å². The lowest BCUT2D eigenvalue weighted by Crippen LogP contribution is -2.48. The number of piperidine rings is 1. The summed E-state index contributed by atoms with van der Waals surface area (Å²) in [7, 11) is 1.89. The van der Waals surface area contributed by atoms with Crippen molar-refractivity contribution >= 4 is 23.9 Å². The number of aldehydes is 1. The molecule has 2 N–H and O–H groups in total. The number of rotatable bonds is 9. The molecule has 2 aliphatic rings. The first-order chi connectivity index (χ1) is 20.2. The standard InChI is InChI=1S/C31H40N6O5/c1-19(2)29(27-16-28(34-42-27)36-13-10-21(18-38)11-14-36)31(41)37-17-24(39)15-26(37)30(40)33-20(3)22-5-7-23(8-6-22)25-9-12-32-35(25)4/h5-9,12,16,18-21,24,26,29,39H,10-11,13-15,17H2,1-4H3,(H,33,40)/t20-,24+,26-,29+/m0/s1. The smallest absolute Gasteiger partial charge is 0.243 e. The molecule has 2 saturated heterocycles. The molecule has 2 amide bonds. The first-order valence-electron chi connectivity index (χ1n) is 14.7. The summed E-state index contributed by atoms with van der Waals surface area (Å²) < 4.78 is 7.49. The lowest BCUT2D eigenvalue weighted by molar-refractivity contribution is -0.141. The SMILES string of the molecule is CC(C)[C@@H](C(=O)N1C[C@H](O)C[C@H]1C(=O)N[C@@H](C)c1ccc(-c2ccnn2C)cc1)c1cc(N2CCC(C=O)CC2)no1. The fourth-order valence-corrected chi connectivity index (χ4v) is 6.05. The Morgan fingerprint density at radius 2 is 1.83 bits per heavy atom. The van der Waals surface area contributed by atoms with Crippen LogP contribution in [0.3, 0.4) is 0 Å². The number of β-amino-alcohol motifs (C(OH)–C–C–N with tert-alkyl or cyclic N) is 1. The summed E-state index contributed by atoms with van der Waals surface area (Å²) in [5.41, 5.74) is 2.94. The Kier molecular flexibility index (Phi) is 8.77. The topological polar surface area (TPSA) is 134 Å². The van der Waals surface area contributed by atoms with Gasteiger partial charge in [0, 0.05) is 51.3 Å². The number of likely N-dealkylation sites (tertiary alicyclic amines) is 1. The Balaban J connectivity index is 1.27. The van der Waals surface area contributed by atoms with E-state index in [9.17, 15) is 19.5 Å². The molecule has 11 heteroatoms. The summed E-state index contributed by atoms with van der Waals surface area (Å²) in [4.78, 5) is 42.1. The van der Waals surface area contributed by atoms with Gasteiger partial charge in [0.2, 0.25) is 11.8 Å². The van der Waals surface area contributed by atoms with Crippen LogP contribution in [0.15, 0.2) is 47.1 Å². The van der Waals surface area contributed by atoms with Crippen molar-refractivity contribution in [3.8, 4) is 11.3 Å². The monoisotopic (exact) mass is 576 g/mol. The van der Waals surface area contributed by atoms with Gasteiger partial charge in [-0.05, 0) is 42.9 Å². The highest BCUT2D eigenvalue weighted by atomic mass is 16.5. The van der Waals surface area contributed by atoms with Crippen LogP contribution in [0.25, 0.3) is 11.3 Å². The zero-order valence-electron chi connectivity index (χ0n) is 24.6. The van der Waals surface area contributed by atoms with Crippen molar-refractivity contribution in [1.29, 1.82) is 0 Å². The largest absolute Gasteiger partial charge is 0.391 e. The van der Waals surface area contributed by atoms with Gasteiger partial charge < -0.3 is 29.5 Å². The van der Waals surface area contributed by atoms with Gasteiger partial charge in [-0.15, -0.1) is 0 Å². The van der Waals surface area contributed by atoms with Crippen molar-refractivity contribution in [3.63, 3.8) is 0 Å². The summed E-state index contributed by atoms with van der Waals surface area (Å²) >= 11 is 0. The quantitative estimate of drug-likeness (QED) is 0.371. The number of nitrogens with zero attached hydrogens (tertiary/aromatic N) is 5.